The summed E-state index contributed by atoms with van der Waals surface area (Å²) in [6.45, 7) is 0.0463. The van der Waals surface area contributed by atoms with E-state index in [-0.39, 0.29) is 29.8 Å². The van der Waals surface area contributed by atoms with Gasteiger partial charge in [-0.2, -0.15) is 0 Å². The van der Waals surface area contributed by atoms with Gasteiger partial charge in [-0.1, -0.05) is 6.07 Å². The number of carboxylic acids is 1. The Bertz CT molecular complexity index is 824. The molecule has 0 aliphatic carbocycles. The Hall–Kier alpha value is -2.25. The van der Waals surface area contributed by atoms with Crippen LogP contribution in [0.3, 0.4) is 0 Å². The van der Waals surface area contributed by atoms with Crippen molar-refractivity contribution >= 4 is 27.4 Å². The Kier molecular flexibility index (Phi) is 3.44. The van der Waals surface area contributed by atoms with Crippen LogP contribution in [0.1, 0.15) is 16.2 Å². The van der Waals surface area contributed by atoms with Crippen LogP contribution < -0.4 is 0 Å². The Balaban J connectivity index is 2.09. The first-order chi connectivity index (χ1) is 10.1. The quantitative estimate of drug-likeness (QED) is 0.798. The van der Waals surface area contributed by atoms with Crippen LogP contribution in [-0.4, -0.2) is 23.2 Å². The van der Waals surface area contributed by atoms with Gasteiger partial charge in [0.05, 0.1) is 11.5 Å². The van der Waals surface area contributed by atoms with Crippen molar-refractivity contribution < 1.29 is 23.4 Å². The SMILES string of the molecule is COCc1nc(-c2cc3ccc(F)cc3s2)oc1C(=O)O. The minimum Gasteiger partial charge on any atom is -0.475 e. The number of aromatic carboxylic acids is 1. The van der Waals surface area contributed by atoms with Gasteiger partial charge < -0.3 is 14.3 Å². The van der Waals surface area contributed by atoms with Crippen LogP contribution in [-0.2, 0) is 11.3 Å². The van der Waals surface area contributed by atoms with E-state index in [1.54, 1.807) is 12.1 Å². The minimum atomic E-state index is -1.20. The number of nitrogens with zero attached hydrogens (tertiary/aromatic N) is 1. The second-order valence-electron chi connectivity index (χ2n) is 4.33. The van der Waals surface area contributed by atoms with E-state index in [2.05, 4.69) is 4.98 Å². The zero-order valence-electron chi connectivity index (χ0n) is 10.9. The van der Waals surface area contributed by atoms with Crippen LogP contribution in [0.5, 0.6) is 0 Å². The van der Waals surface area contributed by atoms with Gasteiger partial charge in [0.25, 0.3) is 0 Å². The number of ether oxygens (including phenoxy) is 1. The zero-order valence-corrected chi connectivity index (χ0v) is 11.7. The molecule has 7 heteroatoms. The van der Waals surface area contributed by atoms with Crippen molar-refractivity contribution in [3.8, 4) is 10.8 Å². The minimum absolute atomic E-state index is 0.0463. The normalized spacial score (nSPS) is 11.1. The molecule has 21 heavy (non-hydrogen) atoms. The lowest BCUT2D eigenvalue weighted by atomic mass is 10.2. The molecule has 5 nitrogen and oxygen atoms in total. The fourth-order valence-corrected chi connectivity index (χ4v) is 2.98. The molecule has 0 radical (unpaired) electrons. The molecule has 0 aliphatic heterocycles. The lowest BCUT2D eigenvalue weighted by Gasteiger charge is -1.92. The molecule has 0 aliphatic rings. The number of hydrogen-bond donors (Lipinski definition) is 1. The maximum Gasteiger partial charge on any atom is 0.373 e. The maximum atomic E-state index is 13.2. The summed E-state index contributed by atoms with van der Waals surface area (Å²) in [6.07, 6.45) is 0. The number of benzene rings is 1. The summed E-state index contributed by atoms with van der Waals surface area (Å²) in [5, 5.41) is 9.94. The van der Waals surface area contributed by atoms with Crippen LogP contribution in [0, 0.1) is 5.82 Å². The molecule has 1 aromatic carbocycles. The summed E-state index contributed by atoms with van der Waals surface area (Å²) in [7, 11) is 1.45. The molecule has 0 amide bonds. The van der Waals surface area contributed by atoms with Crippen molar-refractivity contribution in [1.29, 1.82) is 0 Å². The Morgan fingerprint density at radius 1 is 1.48 bits per heavy atom. The molecule has 0 fully saturated rings. The summed E-state index contributed by atoms with van der Waals surface area (Å²) < 4.78 is 24.2. The summed E-state index contributed by atoms with van der Waals surface area (Å²) in [5.74, 6) is -1.57. The summed E-state index contributed by atoms with van der Waals surface area (Å²) in [4.78, 5) is 15.9. The first-order valence-electron chi connectivity index (χ1n) is 6.00. The highest BCUT2D eigenvalue weighted by Gasteiger charge is 2.21. The van der Waals surface area contributed by atoms with Crippen LogP contribution >= 0.6 is 11.3 Å². The molecule has 3 aromatic rings. The second kappa shape index (κ2) is 5.27. The predicted octanol–water partition coefficient (Wildman–Crippen LogP) is 3.54. The highest BCUT2D eigenvalue weighted by molar-refractivity contribution is 7.22. The highest BCUT2D eigenvalue weighted by Crippen LogP contribution is 2.34. The van der Waals surface area contributed by atoms with E-state index in [4.69, 9.17) is 14.3 Å². The van der Waals surface area contributed by atoms with Gasteiger partial charge in [0.15, 0.2) is 0 Å². The van der Waals surface area contributed by atoms with Gasteiger partial charge in [-0.3, -0.25) is 0 Å². The molecular weight excluding hydrogens is 297 g/mol. The lowest BCUT2D eigenvalue weighted by molar-refractivity contribution is 0.0656. The average molecular weight is 307 g/mol. The number of oxazole rings is 1. The van der Waals surface area contributed by atoms with Crippen LogP contribution in [0.15, 0.2) is 28.7 Å². The van der Waals surface area contributed by atoms with E-state index < -0.39 is 5.97 Å². The molecule has 108 valence electrons. The summed E-state index contributed by atoms with van der Waals surface area (Å²) in [6, 6.07) is 6.23. The van der Waals surface area contributed by atoms with Crippen LogP contribution in [0.2, 0.25) is 0 Å². The number of halogens is 1. The molecule has 0 saturated carbocycles. The number of fused-ring (bicyclic) bond motifs is 1. The Morgan fingerprint density at radius 2 is 2.29 bits per heavy atom. The third kappa shape index (κ3) is 2.53. The smallest absolute Gasteiger partial charge is 0.373 e. The number of methoxy groups -OCH3 is 1. The molecule has 1 N–H and O–H groups in total. The molecule has 2 aromatic heterocycles. The molecule has 2 heterocycles. The molecule has 0 saturated heterocycles. The maximum absolute atomic E-state index is 13.2. The van der Waals surface area contributed by atoms with Gasteiger partial charge in [0, 0.05) is 11.8 Å². The largest absolute Gasteiger partial charge is 0.475 e. The number of aromatic nitrogens is 1. The fourth-order valence-electron chi connectivity index (χ4n) is 1.97. The molecular formula is C14H10FNO4S. The first-order valence-corrected chi connectivity index (χ1v) is 6.81. The van der Waals surface area contributed by atoms with Crippen LogP contribution in [0.25, 0.3) is 20.9 Å². The first kappa shape index (κ1) is 13.7. The van der Waals surface area contributed by atoms with Crippen molar-refractivity contribution in [2.24, 2.45) is 0 Å². The predicted molar refractivity (Wildman–Crippen MR) is 75.0 cm³/mol. The van der Waals surface area contributed by atoms with Crippen molar-refractivity contribution in [1.82, 2.24) is 4.98 Å². The number of thiophene rings is 1. The van der Waals surface area contributed by atoms with E-state index in [1.165, 1.54) is 30.6 Å². The highest BCUT2D eigenvalue weighted by atomic mass is 32.1. The van der Waals surface area contributed by atoms with E-state index in [0.29, 0.717) is 4.88 Å². The third-order valence-electron chi connectivity index (χ3n) is 2.87. The Morgan fingerprint density at radius 3 is 3.00 bits per heavy atom. The van der Waals surface area contributed by atoms with Crippen LogP contribution in [0.4, 0.5) is 4.39 Å². The number of hydrogen-bond acceptors (Lipinski definition) is 5. The number of rotatable bonds is 4. The van der Waals surface area contributed by atoms with E-state index in [0.717, 1.165) is 10.1 Å². The average Bonchev–Trinajstić information content (AvgIpc) is 3.02. The topological polar surface area (TPSA) is 72.6 Å². The van der Waals surface area contributed by atoms with Gasteiger partial charge in [-0.15, -0.1) is 11.3 Å². The van der Waals surface area contributed by atoms with Crippen molar-refractivity contribution in [3.05, 3.63) is 41.5 Å². The van der Waals surface area contributed by atoms with E-state index in [9.17, 15) is 9.18 Å². The molecule has 3 rings (SSSR count). The van der Waals surface area contributed by atoms with E-state index in [1.807, 2.05) is 0 Å². The van der Waals surface area contributed by atoms with Gasteiger partial charge in [-0.05, 0) is 23.6 Å². The number of carboxylic acid groups (broad SMARTS) is 1. The number of carbonyl (C=O) groups is 1. The van der Waals surface area contributed by atoms with Gasteiger partial charge in [0.1, 0.15) is 11.5 Å². The molecule has 0 unspecified atom stereocenters. The van der Waals surface area contributed by atoms with Gasteiger partial charge >= 0.3 is 5.97 Å². The Labute approximate surface area is 122 Å². The summed E-state index contributed by atoms with van der Waals surface area (Å²) >= 11 is 1.29. The fraction of sp³-hybridized carbons (Fsp3) is 0.143. The van der Waals surface area contributed by atoms with Crippen molar-refractivity contribution in [2.45, 2.75) is 6.61 Å². The monoisotopic (exact) mass is 307 g/mol. The lowest BCUT2D eigenvalue weighted by Crippen LogP contribution is -2.00. The third-order valence-corrected chi connectivity index (χ3v) is 3.95. The molecule has 0 bridgehead atoms. The van der Waals surface area contributed by atoms with Gasteiger partial charge in [-0.25, -0.2) is 14.2 Å². The van der Waals surface area contributed by atoms with Gasteiger partial charge in [0.2, 0.25) is 11.7 Å². The molecule has 0 atom stereocenters. The van der Waals surface area contributed by atoms with E-state index >= 15 is 0 Å². The standard InChI is InChI=1S/C14H10FNO4S/c1-19-6-9-12(14(17)18)20-13(16-9)11-4-7-2-3-8(15)5-10(7)21-11/h2-5H,6H2,1H3,(H,17,18). The molecule has 0 spiro atoms. The second-order valence-corrected chi connectivity index (χ2v) is 5.41. The van der Waals surface area contributed by atoms with Crippen molar-refractivity contribution in [2.75, 3.05) is 7.11 Å². The zero-order chi connectivity index (χ0) is 15.0. The summed E-state index contributed by atoms with van der Waals surface area (Å²) in [5.41, 5.74) is 0.226. The van der Waals surface area contributed by atoms with Crippen molar-refractivity contribution in [3.63, 3.8) is 0 Å².